The number of carbonyl (C=O) groups is 1. The lowest BCUT2D eigenvalue weighted by Crippen LogP contribution is -2.24. The van der Waals surface area contributed by atoms with Crippen LogP contribution in [-0.2, 0) is 4.79 Å². The molecule has 1 heterocycles. The number of benzene rings is 1. The number of ether oxygens (including phenoxy) is 1. The molecule has 1 aromatic heterocycles. The summed E-state index contributed by atoms with van der Waals surface area (Å²) in [6.45, 7) is 4.19. The highest BCUT2D eigenvalue weighted by atomic mass is 32.1. The van der Waals surface area contributed by atoms with E-state index in [2.05, 4.69) is 24.4 Å². The van der Waals surface area contributed by atoms with Crippen LogP contribution < -0.4 is 10.2 Å². The van der Waals surface area contributed by atoms with Crippen LogP contribution in [0.4, 0.5) is 5.00 Å². The first-order valence-corrected chi connectivity index (χ1v) is 9.10. The minimum atomic E-state index is -0.470. The molecule has 0 fully saturated rings. The number of nitro groups is 1. The fraction of sp³-hybridized carbons (Fsp3) is 0.333. The Kier molecular flexibility index (Phi) is 7.28. The quantitative estimate of drug-likeness (QED) is 0.406. The number of thiophene rings is 1. The van der Waals surface area contributed by atoms with E-state index in [-0.39, 0.29) is 11.6 Å². The zero-order valence-electron chi connectivity index (χ0n) is 14.7. The van der Waals surface area contributed by atoms with Crippen LogP contribution in [0.2, 0.25) is 0 Å². The van der Waals surface area contributed by atoms with Gasteiger partial charge in [-0.05, 0) is 36.1 Å². The van der Waals surface area contributed by atoms with Gasteiger partial charge >= 0.3 is 5.00 Å². The SMILES string of the molecule is CCCC(C)c1ccc(OCC(=O)N/N=C/c2ccc([N+](=O)[O-])s2)cc1. The molecule has 0 bridgehead atoms. The lowest BCUT2D eigenvalue weighted by molar-refractivity contribution is -0.380. The zero-order valence-corrected chi connectivity index (χ0v) is 15.5. The maximum Gasteiger partial charge on any atom is 0.324 e. The Balaban J connectivity index is 1.77. The van der Waals surface area contributed by atoms with E-state index >= 15 is 0 Å². The highest BCUT2D eigenvalue weighted by Crippen LogP contribution is 2.23. The van der Waals surface area contributed by atoms with Crippen molar-refractivity contribution in [2.24, 2.45) is 5.10 Å². The predicted octanol–water partition coefficient (Wildman–Crippen LogP) is 4.09. The van der Waals surface area contributed by atoms with Crippen LogP contribution in [0.1, 0.15) is 43.0 Å². The van der Waals surface area contributed by atoms with E-state index < -0.39 is 10.8 Å². The Morgan fingerprint density at radius 3 is 2.69 bits per heavy atom. The van der Waals surface area contributed by atoms with Crippen molar-refractivity contribution in [3.8, 4) is 5.75 Å². The van der Waals surface area contributed by atoms with Crippen molar-refractivity contribution in [1.82, 2.24) is 5.43 Å². The second-order valence-corrected chi connectivity index (χ2v) is 6.87. The molecule has 2 aromatic rings. The number of nitrogens with one attached hydrogen (secondary N) is 1. The van der Waals surface area contributed by atoms with Crippen molar-refractivity contribution >= 4 is 28.5 Å². The summed E-state index contributed by atoms with van der Waals surface area (Å²) in [7, 11) is 0. The summed E-state index contributed by atoms with van der Waals surface area (Å²) in [6.07, 6.45) is 3.63. The monoisotopic (exact) mass is 375 g/mol. The summed E-state index contributed by atoms with van der Waals surface area (Å²) < 4.78 is 5.43. The standard InChI is InChI=1S/C18H21N3O4S/c1-3-4-13(2)14-5-7-15(8-6-14)25-12-17(22)20-19-11-16-9-10-18(26-16)21(23)24/h5-11,13H,3-4,12H2,1-2H3,(H,20,22)/b19-11+. The normalized spacial score (nSPS) is 12.1. The van der Waals surface area contributed by atoms with Gasteiger partial charge in [-0.3, -0.25) is 14.9 Å². The first-order chi connectivity index (χ1) is 12.5. The Morgan fingerprint density at radius 2 is 2.08 bits per heavy atom. The zero-order chi connectivity index (χ0) is 18.9. The van der Waals surface area contributed by atoms with Crippen molar-refractivity contribution in [2.45, 2.75) is 32.6 Å². The average Bonchev–Trinajstić information content (AvgIpc) is 3.10. The maximum absolute atomic E-state index is 11.7. The van der Waals surface area contributed by atoms with Crippen molar-refractivity contribution in [3.05, 3.63) is 57.0 Å². The van der Waals surface area contributed by atoms with Gasteiger partial charge in [-0.1, -0.05) is 43.7 Å². The average molecular weight is 375 g/mol. The number of hydrogen-bond donors (Lipinski definition) is 1. The summed E-state index contributed by atoms with van der Waals surface area (Å²) in [5.41, 5.74) is 3.58. The van der Waals surface area contributed by atoms with Gasteiger partial charge in [0.15, 0.2) is 6.61 Å². The molecule has 0 radical (unpaired) electrons. The smallest absolute Gasteiger partial charge is 0.324 e. The molecule has 7 nitrogen and oxygen atoms in total. The van der Waals surface area contributed by atoms with Gasteiger partial charge in [0.2, 0.25) is 0 Å². The Bertz CT molecular complexity index is 771. The first-order valence-electron chi connectivity index (χ1n) is 8.28. The molecule has 8 heteroatoms. The molecule has 2 rings (SSSR count). The number of nitrogens with zero attached hydrogens (tertiary/aromatic N) is 2. The lowest BCUT2D eigenvalue weighted by Gasteiger charge is -2.11. The van der Waals surface area contributed by atoms with Crippen LogP contribution in [0.25, 0.3) is 0 Å². The van der Waals surface area contributed by atoms with Gasteiger partial charge in [-0.25, -0.2) is 5.43 Å². The summed E-state index contributed by atoms with van der Waals surface area (Å²) in [4.78, 5) is 22.4. The van der Waals surface area contributed by atoms with Crippen LogP contribution in [0.3, 0.4) is 0 Å². The van der Waals surface area contributed by atoms with Gasteiger partial charge in [0, 0.05) is 6.07 Å². The van der Waals surface area contributed by atoms with Crippen LogP contribution in [-0.4, -0.2) is 23.7 Å². The van der Waals surface area contributed by atoms with Gasteiger partial charge in [0.05, 0.1) is 16.0 Å². The van der Waals surface area contributed by atoms with E-state index in [1.54, 1.807) is 6.07 Å². The highest BCUT2D eigenvalue weighted by molar-refractivity contribution is 7.16. The fourth-order valence-electron chi connectivity index (χ4n) is 2.35. The third-order valence-corrected chi connectivity index (χ3v) is 4.69. The van der Waals surface area contributed by atoms with E-state index in [0.29, 0.717) is 16.5 Å². The minimum Gasteiger partial charge on any atom is -0.484 e. The molecule has 1 N–H and O–H groups in total. The number of amides is 1. The molecule has 1 atom stereocenters. The van der Waals surface area contributed by atoms with Crippen molar-refractivity contribution in [3.63, 3.8) is 0 Å². The summed E-state index contributed by atoms with van der Waals surface area (Å²) in [6, 6.07) is 10.7. The molecule has 0 saturated carbocycles. The van der Waals surface area contributed by atoms with Crippen LogP contribution in [0.15, 0.2) is 41.5 Å². The molecular formula is C18H21N3O4S. The third kappa shape index (κ3) is 5.96. The molecule has 26 heavy (non-hydrogen) atoms. The van der Waals surface area contributed by atoms with Gasteiger partial charge in [0.25, 0.3) is 5.91 Å². The van der Waals surface area contributed by atoms with E-state index in [0.717, 1.165) is 24.2 Å². The molecule has 138 valence electrons. The molecule has 0 spiro atoms. The minimum absolute atomic E-state index is 0.0258. The molecule has 1 amide bonds. The van der Waals surface area contributed by atoms with Crippen LogP contribution >= 0.6 is 11.3 Å². The summed E-state index contributed by atoms with van der Waals surface area (Å²) in [5.74, 6) is 0.709. The topological polar surface area (TPSA) is 93.8 Å². The molecule has 0 aliphatic rings. The van der Waals surface area contributed by atoms with Crippen molar-refractivity contribution in [2.75, 3.05) is 6.61 Å². The molecule has 0 aliphatic carbocycles. The summed E-state index contributed by atoms with van der Waals surface area (Å²) in [5, 5.41) is 14.4. The molecule has 1 unspecified atom stereocenters. The second-order valence-electron chi connectivity index (χ2n) is 5.77. The second kappa shape index (κ2) is 9.67. The first kappa shape index (κ1) is 19.6. The van der Waals surface area contributed by atoms with E-state index in [4.69, 9.17) is 4.74 Å². The highest BCUT2D eigenvalue weighted by Gasteiger charge is 2.08. The number of carbonyl (C=O) groups excluding carboxylic acids is 1. The number of rotatable bonds is 9. The van der Waals surface area contributed by atoms with E-state index in [9.17, 15) is 14.9 Å². The predicted molar refractivity (Wildman–Crippen MR) is 102 cm³/mol. The van der Waals surface area contributed by atoms with E-state index in [1.807, 2.05) is 24.3 Å². The Morgan fingerprint density at radius 1 is 1.35 bits per heavy atom. The van der Waals surface area contributed by atoms with Crippen LogP contribution in [0, 0.1) is 10.1 Å². The number of hydrazone groups is 1. The maximum atomic E-state index is 11.7. The van der Waals surface area contributed by atoms with Crippen molar-refractivity contribution < 1.29 is 14.5 Å². The molecule has 0 aliphatic heterocycles. The lowest BCUT2D eigenvalue weighted by atomic mass is 9.97. The van der Waals surface area contributed by atoms with Gasteiger partial charge in [-0.2, -0.15) is 5.10 Å². The van der Waals surface area contributed by atoms with E-state index in [1.165, 1.54) is 17.8 Å². The largest absolute Gasteiger partial charge is 0.484 e. The van der Waals surface area contributed by atoms with Gasteiger partial charge in [-0.15, -0.1) is 0 Å². The Labute approximate surface area is 155 Å². The third-order valence-electron chi connectivity index (χ3n) is 3.71. The van der Waals surface area contributed by atoms with Crippen molar-refractivity contribution in [1.29, 1.82) is 0 Å². The van der Waals surface area contributed by atoms with Gasteiger partial charge in [0.1, 0.15) is 5.75 Å². The molecule has 1 aromatic carbocycles. The molecule has 0 saturated heterocycles. The van der Waals surface area contributed by atoms with Crippen LogP contribution in [0.5, 0.6) is 5.75 Å². The Hall–Kier alpha value is -2.74. The molecular weight excluding hydrogens is 354 g/mol. The fourth-order valence-corrected chi connectivity index (χ4v) is 3.04. The number of hydrogen-bond acceptors (Lipinski definition) is 6. The van der Waals surface area contributed by atoms with Gasteiger partial charge < -0.3 is 4.74 Å². The summed E-state index contributed by atoms with van der Waals surface area (Å²) >= 11 is 0.979.